The topological polar surface area (TPSA) is 59.0 Å². The molecule has 0 heterocycles. The van der Waals surface area contributed by atoms with Gasteiger partial charge in [-0.2, -0.15) is 0 Å². The Kier molecular flexibility index (Phi) is 5.07. The second-order valence-corrected chi connectivity index (χ2v) is 5.28. The van der Waals surface area contributed by atoms with Crippen molar-refractivity contribution < 1.29 is 19.4 Å². The molecule has 0 aromatic heterocycles. The molecule has 0 aliphatic heterocycles. The Morgan fingerprint density at radius 1 is 1.48 bits per heavy atom. The van der Waals surface area contributed by atoms with Gasteiger partial charge in [-0.3, -0.25) is 4.79 Å². The third-order valence-corrected chi connectivity index (χ3v) is 3.67. The van der Waals surface area contributed by atoms with Crippen LogP contribution in [0.5, 0.6) is 11.5 Å². The maximum Gasteiger partial charge on any atom is 0.260 e. The van der Waals surface area contributed by atoms with Crippen LogP contribution in [0.15, 0.2) is 18.2 Å². The van der Waals surface area contributed by atoms with E-state index >= 15 is 0 Å². The molecule has 1 saturated carbocycles. The standard InChI is InChI=1S/C16H23NO4/c1-4-17(12-5-6-12)16(19)10-21-15-9-13(20-3)7-8-14(15)11(2)18/h7-9,11-12,18H,4-6,10H2,1-3H3/t11-/m1/s1. The summed E-state index contributed by atoms with van der Waals surface area (Å²) >= 11 is 0. The van der Waals surface area contributed by atoms with Gasteiger partial charge in [0.1, 0.15) is 11.5 Å². The van der Waals surface area contributed by atoms with Crippen molar-refractivity contribution in [2.24, 2.45) is 0 Å². The zero-order valence-corrected chi connectivity index (χ0v) is 12.8. The minimum absolute atomic E-state index is 0.0145. The molecule has 0 spiro atoms. The molecular weight excluding hydrogens is 270 g/mol. The minimum atomic E-state index is -0.660. The summed E-state index contributed by atoms with van der Waals surface area (Å²) < 4.78 is 10.8. The molecule has 0 radical (unpaired) electrons. The largest absolute Gasteiger partial charge is 0.497 e. The van der Waals surface area contributed by atoms with Crippen LogP contribution in [0.3, 0.4) is 0 Å². The van der Waals surface area contributed by atoms with Gasteiger partial charge in [-0.15, -0.1) is 0 Å². The Hall–Kier alpha value is -1.75. The molecule has 1 aliphatic carbocycles. The van der Waals surface area contributed by atoms with Crippen molar-refractivity contribution >= 4 is 5.91 Å². The minimum Gasteiger partial charge on any atom is -0.497 e. The van der Waals surface area contributed by atoms with Gasteiger partial charge in [-0.25, -0.2) is 0 Å². The van der Waals surface area contributed by atoms with Gasteiger partial charge in [0.15, 0.2) is 6.61 Å². The van der Waals surface area contributed by atoms with E-state index in [1.807, 2.05) is 11.8 Å². The van der Waals surface area contributed by atoms with Crippen LogP contribution < -0.4 is 9.47 Å². The van der Waals surface area contributed by atoms with Crippen LogP contribution in [0.25, 0.3) is 0 Å². The lowest BCUT2D eigenvalue weighted by atomic mass is 10.1. The maximum atomic E-state index is 12.2. The highest BCUT2D eigenvalue weighted by molar-refractivity contribution is 5.78. The average molecular weight is 293 g/mol. The first-order valence-electron chi connectivity index (χ1n) is 7.35. The number of aliphatic hydroxyl groups excluding tert-OH is 1. The van der Waals surface area contributed by atoms with Crippen LogP contribution in [0.2, 0.25) is 0 Å². The van der Waals surface area contributed by atoms with Crippen molar-refractivity contribution in [2.45, 2.75) is 38.8 Å². The Bertz CT molecular complexity index is 497. The van der Waals surface area contributed by atoms with Gasteiger partial charge in [0.25, 0.3) is 5.91 Å². The Balaban J connectivity index is 2.05. The fraction of sp³-hybridized carbons (Fsp3) is 0.562. The molecule has 5 nitrogen and oxygen atoms in total. The molecule has 1 fully saturated rings. The zero-order valence-electron chi connectivity index (χ0n) is 12.8. The number of carbonyl (C=O) groups is 1. The molecule has 0 bridgehead atoms. The van der Waals surface area contributed by atoms with Crippen molar-refractivity contribution in [3.63, 3.8) is 0 Å². The van der Waals surface area contributed by atoms with Gasteiger partial charge in [0.05, 0.1) is 13.2 Å². The number of benzene rings is 1. The van der Waals surface area contributed by atoms with E-state index in [1.54, 1.807) is 32.2 Å². The molecule has 1 amide bonds. The molecule has 2 rings (SSSR count). The van der Waals surface area contributed by atoms with Crippen LogP contribution in [0.1, 0.15) is 38.4 Å². The summed E-state index contributed by atoms with van der Waals surface area (Å²) in [5.41, 5.74) is 0.651. The van der Waals surface area contributed by atoms with Crippen LogP contribution >= 0.6 is 0 Å². The average Bonchev–Trinajstić information content (AvgIpc) is 3.30. The maximum absolute atomic E-state index is 12.2. The number of hydrogen-bond acceptors (Lipinski definition) is 4. The summed E-state index contributed by atoms with van der Waals surface area (Å²) in [6.07, 6.45) is 1.50. The normalized spacial score (nSPS) is 15.4. The molecular formula is C16H23NO4. The molecule has 1 aromatic rings. The second kappa shape index (κ2) is 6.80. The van der Waals surface area contributed by atoms with Crippen molar-refractivity contribution in [2.75, 3.05) is 20.3 Å². The van der Waals surface area contributed by atoms with E-state index in [9.17, 15) is 9.90 Å². The molecule has 0 unspecified atom stereocenters. The van der Waals surface area contributed by atoms with E-state index in [1.165, 1.54) is 0 Å². The van der Waals surface area contributed by atoms with Crippen LogP contribution in [0.4, 0.5) is 0 Å². The van der Waals surface area contributed by atoms with E-state index in [0.717, 1.165) is 12.8 Å². The first kappa shape index (κ1) is 15.6. The lowest BCUT2D eigenvalue weighted by molar-refractivity contribution is -0.133. The van der Waals surface area contributed by atoms with Crippen molar-refractivity contribution in [3.05, 3.63) is 23.8 Å². The predicted octanol–water partition coefficient (Wildman–Crippen LogP) is 2.14. The van der Waals surface area contributed by atoms with Gasteiger partial charge in [-0.05, 0) is 38.8 Å². The summed E-state index contributed by atoms with van der Waals surface area (Å²) in [6.45, 7) is 4.33. The molecule has 1 N–H and O–H groups in total. The highest BCUT2D eigenvalue weighted by Gasteiger charge is 2.31. The summed E-state index contributed by atoms with van der Waals surface area (Å²) in [7, 11) is 1.57. The van der Waals surface area contributed by atoms with Crippen LogP contribution in [-0.4, -0.2) is 42.2 Å². The van der Waals surface area contributed by atoms with E-state index in [0.29, 0.717) is 29.6 Å². The summed E-state index contributed by atoms with van der Waals surface area (Å²) in [5, 5.41) is 9.77. The van der Waals surface area contributed by atoms with E-state index < -0.39 is 6.10 Å². The lowest BCUT2D eigenvalue weighted by Gasteiger charge is -2.21. The van der Waals surface area contributed by atoms with Gasteiger partial charge < -0.3 is 19.5 Å². The van der Waals surface area contributed by atoms with E-state index in [4.69, 9.17) is 9.47 Å². The van der Waals surface area contributed by atoms with E-state index in [-0.39, 0.29) is 12.5 Å². The number of aliphatic hydroxyl groups is 1. The number of ether oxygens (including phenoxy) is 2. The molecule has 1 aliphatic rings. The van der Waals surface area contributed by atoms with Crippen molar-refractivity contribution in [1.29, 1.82) is 0 Å². The van der Waals surface area contributed by atoms with Gasteiger partial charge in [0.2, 0.25) is 0 Å². The molecule has 0 saturated heterocycles. The van der Waals surface area contributed by atoms with Gasteiger partial charge in [0, 0.05) is 24.2 Å². The summed E-state index contributed by atoms with van der Waals surface area (Å²) in [6, 6.07) is 5.59. The number of likely N-dealkylation sites (N-methyl/N-ethyl adjacent to an activating group) is 1. The predicted molar refractivity (Wildman–Crippen MR) is 79.5 cm³/mol. The van der Waals surface area contributed by atoms with Crippen LogP contribution in [-0.2, 0) is 4.79 Å². The van der Waals surface area contributed by atoms with Crippen molar-refractivity contribution in [1.82, 2.24) is 4.90 Å². The zero-order chi connectivity index (χ0) is 15.4. The van der Waals surface area contributed by atoms with Gasteiger partial charge in [-0.1, -0.05) is 0 Å². The number of carbonyl (C=O) groups excluding carboxylic acids is 1. The smallest absolute Gasteiger partial charge is 0.260 e. The molecule has 21 heavy (non-hydrogen) atoms. The monoisotopic (exact) mass is 293 g/mol. The quantitative estimate of drug-likeness (QED) is 0.837. The highest BCUT2D eigenvalue weighted by Crippen LogP contribution is 2.30. The summed E-state index contributed by atoms with van der Waals surface area (Å²) in [5.74, 6) is 1.11. The SMILES string of the molecule is CCN(C(=O)COc1cc(OC)ccc1[C@@H](C)O)C1CC1. The van der Waals surface area contributed by atoms with E-state index in [2.05, 4.69) is 0 Å². The number of hydrogen-bond donors (Lipinski definition) is 1. The highest BCUT2D eigenvalue weighted by atomic mass is 16.5. The molecule has 116 valence electrons. The Morgan fingerprint density at radius 2 is 2.19 bits per heavy atom. The molecule has 1 aromatic carbocycles. The second-order valence-electron chi connectivity index (χ2n) is 5.28. The van der Waals surface area contributed by atoms with Crippen LogP contribution in [0, 0.1) is 0 Å². The third-order valence-electron chi connectivity index (χ3n) is 3.67. The lowest BCUT2D eigenvalue weighted by Crippen LogP contribution is -2.36. The fourth-order valence-corrected chi connectivity index (χ4v) is 2.36. The number of nitrogens with zero attached hydrogens (tertiary/aromatic N) is 1. The number of methoxy groups -OCH3 is 1. The van der Waals surface area contributed by atoms with Crippen molar-refractivity contribution in [3.8, 4) is 11.5 Å². The summed E-state index contributed by atoms with van der Waals surface area (Å²) in [4.78, 5) is 14.0. The fourth-order valence-electron chi connectivity index (χ4n) is 2.36. The number of rotatable bonds is 7. The first-order chi connectivity index (χ1) is 10.1. The third kappa shape index (κ3) is 3.88. The Morgan fingerprint density at radius 3 is 2.71 bits per heavy atom. The molecule has 5 heteroatoms. The first-order valence-corrected chi connectivity index (χ1v) is 7.35. The molecule has 1 atom stereocenters. The van der Waals surface area contributed by atoms with Gasteiger partial charge >= 0.3 is 0 Å². The number of amides is 1. The Labute approximate surface area is 125 Å².